The Balaban J connectivity index is 1.41. The van der Waals surface area contributed by atoms with Gasteiger partial charge in [0, 0.05) is 54.5 Å². The summed E-state index contributed by atoms with van der Waals surface area (Å²) >= 11 is 0. The van der Waals surface area contributed by atoms with Crippen LogP contribution < -0.4 is 5.32 Å². The molecular weight excluding hydrogens is 258 g/mol. The van der Waals surface area contributed by atoms with Crippen LogP contribution in [0.2, 0.25) is 0 Å². The first kappa shape index (κ1) is 13.1. The Hall–Kier alpha value is -1.61. The van der Waals surface area contributed by atoms with Crippen molar-refractivity contribution in [1.82, 2.24) is 9.88 Å². The summed E-state index contributed by atoms with van der Waals surface area (Å²) in [6.45, 7) is 3.84. The fourth-order valence-electron chi connectivity index (χ4n) is 3.39. The van der Waals surface area contributed by atoms with Gasteiger partial charge in [0.05, 0.1) is 0 Å². The van der Waals surface area contributed by atoms with Gasteiger partial charge in [-0.15, -0.1) is 0 Å². The van der Waals surface area contributed by atoms with E-state index in [2.05, 4.69) is 39.5 Å². The Morgan fingerprint density at radius 1 is 1.10 bits per heavy atom. The molecule has 1 aliphatic carbocycles. The largest absolute Gasteiger partial charge is 0.382 e. The second-order valence-electron chi connectivity index (χ2n) is 6.56. The molecular formula is C18H23N3. The van der Waals surface area contributed by atoms with E-state index in [1.54, 1.807) is 0 Å². The predicted molar refractivity (Wildman–Crippen MR) is 87.6 cm³/mol. The van der Waals surface area contributed by atoms with Crippen LogP contribution >= 0.6 is 0 Å². The molecule has 2 heterocycles. The lowest BCUT2D eigenvalue weighted by Crippen LogP contribution is -2.40. The molecule has 0 bridgehead atoms. The molecule has 0 atom stereocenters. The van der Waals surface area contributed by atoms with Crippen LogP contribution in [-0.4, -0.2) is 35.6 Å². The average molecular weight is 281 g/mol. The first-order chi connectivity index (χ1) is 10.4. The number of hydrogen-bond donors (Lipinski definition) is 1. The van der Waals surface area contributed by atoms with Crippen molar-refractivity contribution in [2.75, 3.05) is 25.0 Å². The van der Waals surface area contributed by atoms with Gasteiger partial charge in [0.15, 0.2) is 0 Å². The van der Waals surface area contributed by atoms with E-state index in [4.69, 9.17) is 0 Å². The topological polar surface area (TPSA) is 28.2 Å². The molecule has 21 heavy (non-hydrogen) atoms. The van der Waals surface area contributed by atoms with Crippen molar-refractivity contribution < 1.29 is 0 Å². The van der Waals surface area contributed by atoms with Crippen molar-refractivity contribution in [2.24, 2.45) is 5.92 Å². The van der Waals surface area contributed by atoms with Gasteiger partial charge in [0.2, 0.25) is 0 Å². The minimum Gasteiger partial charge on any atom is -0.382 e. The van der Waals surface area contributed by atoms with E-state index in [0.29, 0.717) is 6.04 Å². The van der Waals surface area contributed by atoms with Gasteiger partial charge in [-0.3, -0.25) is 4.98 Å². The molecule has 1 saturated heterocycles. The quantitative estimate of drug-likeness (QED) is 0.929. The number of anilines is 1. The number of pyridine rings is 1. The molecule has 1 N–H and O–H groups in total. The molecule has 3 nitrogen and oxygen atoms in total. The van der Waals surface area contributed by atoms with Gasteiger partial charge >= 0.3 is 0 Å². The van der Waals surface area contributed by atoms with Gasteiger partial charge in [-0.05, 0) is 43.7 Å². The molecule has 1 aromatic heterocycles. The molecule has 0 unspecified atom stereocenters. The highest BCUT2D eigenvalue weighted by Crippen LogP contribution is 2.31. The zero-order valence-electron chi connectivity index (χ0n) is 12.5. The number of nitrogens with one attached hydrogen (secondary N) is 1. The van der Waals surface area contributed by atoms with Crippen LogP contribution in [0.25, 0.3) is 10.8 Å². The van der Waals surface area contributed by atoms with Gasteiger partial charge in [0.25, 0.3) is 0 Å². The molecule has 2 fully saturated rings. The first-order valence-corrected chi connectivity index (χ1v) is 8.20. The molecule has 110 valence electrons. The molecule has 0 spiro atoms. The Morgan fingerprint density at radius 3 is 2.76 bits per heavy atom. The zero-order valence-corrected chi connectivity index (χ0v) is 12.5. The van der Waals surface area contributed by atoms with E-state index in [-0.39, 0.29) is 0 Å². The smallest absolute Gasteiger partial charge is 0.0423 e. The third kappa shape index (κ3) is 3.03. The van der Waals surface area contributed by atoms with Gasteiger partial charge in [0.1, 0.15) is 0 Å². The number of aromatic nitrogens is 1. The number of likely N-dealkylation sites (tertiary alicyclic amines) is 1. The fourth-order valence-corrected chi connectivity index (χ4v) is 3.39. The van der Waals surface area contributed by atoms with Crippen molar-refractivity contribution >= 4 is 16.5 Å². The van der Waals surface area contributed by atoms with Gasteiger partial charge in [-0.1, -0.05) is 12.1 Å². The van der Waals surface area contributed by atoms with Crippen LogP contribution in [0.15, 0.2) is 36.7 Å². The number of piperidine rings is 1. The fraction of sp³-hybridized carbons (Fsp3) is 0.500. The van der Waals surface area contributed by atoms with Crippen molar-refractivity contribution in [3.05, 3.63) is 36.7 Å². The monoisotopic (exact) mass is 281 g/mol. The van der Waals surface area contributed by atoms with E-state index in [1.165, 1.54) is 61.8 Å². The summed E-state index contributed by atoms with van der Waals surface area (Å²) in [4.78, 5) is 6.87. The van der Waals surface area contributed by atoms with Gasteiger partial charge in [-0.2, -0.15) is 0 Å². The standard InChI is InChI=1S/C18H23N3/c1-2-15-12-19-9-6-17(15)18(3-1)20-16-7-10-21(11-8-16)13-14-4-5-14/h1-3,6,9,12,14,16,20H,4-5,7-8,10-11,13H2. The van der Waals surface area contributed by atoms with E-state index in [9.17, 15) is 0 Å². The molecule has 1 aromatic carbocycles. The van der Waals surface area contributed by atoms with Crippen LogP contribution in [0.3, 0.4) is 0 Å². The molecule has 1 saturated carbocycles. The maximum Gasteiger partial charge on any atom is 0.0423 e. The number of benzene rings is 1. The predicted octanol–water partition coefficient (Wildman–Crippen LogP) is 3.52. The van der Waals surface area contributed by atoms with Crippen LogP contribution in [0, 0.1) is 5.92 Å². The molecule has 4 rings (SSSR count). The number of fused-ring (bicyclic) bond motifs is 1. The highest BCUT2D eigenvalue weighted by molar-refractivity contribution is 5.93. The van der Waals surface area contributed by atoms with E-state index < -0.39 is 0 Å². The average Bonchev–Trinajstić information content (AvgIpc) is 3.34. The lowest BCUT2D eigenvalue weighted by molar-refractivity contribution is 0.211. The van der Waals surface area contributed by atoms with Crippen LogP contribution in [0.1, 0.15) is 25.7 Å². The zero-order chi connectivity index (χ0) is 14.1. The lowest BCUT2D eigenvalue weighted by Gasteiger charge is -2.33. The molecule has 2 aromatic rings. The third-order valence-electron chi connectivity index (χ3n) is 4.84. The summed E-state index contributed by atoms with van der Waals surface area (Å²) in [7, 11) is 0. The van der Waals surface area contributed by atoms with Crippen molar-refractivity contribution in [3.8, 4) is 0 Å². The summed E-state index contributed by atoms with van der Waals surface area (Å²) in [5, 5.41) is 6.26. The molecule has 3 heteroatoms. The maximum absolute atomic E-state index is 4.21. The maximum atomic E-state index is 4.21. The van der Waals surface area contributed by atoms with E-state index in [0.717, 1.165) is 5.92 Å². The normalized spacial score (nSPS) is 20.8. The summed E-state index contributed by atoms with van der Waals surface area (Å²) < 4.78 is 0. The summed E-state index contributed by atoms with van der Waals surface area (Å²) in [5.41, 5.74) is 1.26. The van der Waals surface area contributed by atoms with Gasteiger partial charge in [-0.25, -0.2) is 0 Å². The minimum atomic E-state index is 0.610. The molecule has 1 aliphatic heterocycles. The van der Waals surface area contributed by atoms with Crippen molar-refractivity contribution in [3.63, 3.8) is 0 Å². The van der Waals surface area contributed by atoms with Crippen molar-refractivity contribution in [2.45, 2.75) is 31.7 Å². The van der Waals surface area contributed by atoms with Crippen molar-refractivity contribution in [1.29, 1.82) is 0 Å². The highest BCUT2D eigenvalue weighted by atomic mass is 15.1. The van der Waals surface area contributed by atoms with E-state index >= 15 is 0 Å². The molecule has 0 radical (unpaired) electrons. The second-order valence-corrected chi connectivity index (χ2v) is 6.56. The number of nitrogens with zero attached hydrogens (tertiary/aromatic N) is 2. The Labute approximate surface area is 126 Å². The highest BCUT2D eigenvalue weighted by Gasteiger charge is 2.27. The Kier molecular flexibility index (Phi) is 3.52. The van der Waals surface area contributed by atoms with Gasteiger partial charge < -0.3 is 10.2 Å². The summed E-state index contributed by atoms with van der Waals surface area (Å²) in [5.74, 6) is 1.01. The Morgan fingerprint density at radius 2 is 1.95 bits per heavy atom. The van der Waals surface area contributed by atoms with Crippen LogP contribution in [0.4, 0.5) is 5.69 Å². The third-order valence-corrected chi connectivity index (χ3v) is 4.84. The van der Waals surface area contributed by atoms with Crippen LogP contribution in [0.5, 0.6) is 0 Å². The Bertz CT molecular complexity index is 607. The molecule has 2 aliphatic rings. The summed E-state index contributed by atoms with van der Waals surface area (Å²) in [6, 6.07) is 9.17. The van der Waals surface area contributed by atoms with E-state index in [1.807, 2.05) is 12.4 Å². The van der Waals surface area contributed by atoms with Crippen LogP contribution in [-0.2, 0) is 0 Å². The second kappa shape index (κ2) is 5.64. The first-order valence-electron chi connectivity index (χ1n) is 8.20. The SMILES string of the molecule is c1cc(NC2CCN(CC3CC3)CC2)c2ccncc2c1. The molecule has 0 amide bonds. The lowest BCUT2D eigenvalue weighted by atomic mass is 10.0. The summed E-state index contributed by atoms with van der Waals surface area (Å²) in [6.07, 6.45) is 9.26. The minimum absolute atomic E-state index is 0.610. The number of hydrogen-bond acceptors (Lipinski definition) is 3. The number of rotatable bonds is 4.